The summed E-state index contributed by atoms with van der Waals surface area (Å²) in [4.78, 5) is 14.7. The normalized spacial score (nSPS) is 12.5. The molecule has 0 aliphatic heterocycles. The Kier molecular flexibility index (Phi) is 6.22. The number of ether oxygens (including phenoxy) is 1. The lowest BCUT2D eigenvalue weighted by Crippen LogP contribution is -2.28. The Balaban J connectivity index is 2.30. The minimum atomic E-state index is -0.157. The van der Waals surface area contributed by atoms with Crippen LogP contribution < -0.4 is 0 Å². The molecule has 0 radical (unpaired) electrons. The van der Waals surface area contributed by atoms with Gasteiger partial charge in [0.15, 0.2) is 0 Å². The number of aryl methyl sites for hydroxylation is 1. The molecule has 1 rings (SSSR count). The second kappa shape index (κ2) is 7.44. The Labute approximate surface area is 114 Å². The van der Waals surface area contributed by atoms with E-state index in [0.29, 0.717) is 5.75 Å². The fourth-order valence-corrected chi connectivity index (χ4v) is 2.27. The number of thioether (sulfide) groups is 1. The van der Waals surface area contributed by atoms with Gasteiger partial charge in [0.25, 0.3) is 0 Å². The Morgan fingerprint density at radius 1 is 1.33 bits per heavy atom. The molecule has 1 aromatic rings. The number of rotatable bonds is 6. The van der Waals surface area contributed by atoms with Gasteiger partial charge in [0.05, 0.1) is 5.75 Å². The summed E-state index contributed by atoms with van der Waals surface area (Å²) < 4.78 is 5.31. The van der Waals surface area contributed by atoms with Gasteiger partial charge in [-0.15, -0.1) is 11.8 Å². The van der Waals surface area contributed by atoms with Crippen molar-refractivity contribution in [2.75, 3.05) is 26.4 Å². The summed E-state index contributed by atoms with van der Waals surface area (Å²) in [6.45, 7) is 4.71. The quantitative estimate of drug-likeness (QED) is 0.585. The number of likely N-dealkylation sites (N-methyl/N-ethyl adjacent to an activating group) is 1. The Morgan fingerprint density at radius 2 is 1.94 bits per heavy atom. The van der Waals surface area contributed by atoms with Gasteiger partial charge < -0.3 is 9.64 Å². The van der Waals surface area contributed by atoms with Crippen LogP contribution in [0.2, 0.25) is 0 Å². The first kappa shape index (κ1) is 15.1. The van der Waals surface area contributed by atoms with E-state index >= 15 is 0 Å². The van der Waals surface area contributed by atoms with E-state index in [-0.39, 0.29) is 12.1 Å². The molecule has 0 aliphatic rings. The highest BCUT2D eigenvalue weighted by Gasteiger charge is 2.10. The molecule has 0 saturated carbocycles. The highest BCUT2D eigenvalue weighted by atomic mass is 32.2. The number of carbonyl (C=O) groups excluding carboxylic acids is 1. The third-order valence-corrected chi connectivity index (χ3v) is 3.32. The number of hydrogen-bond acceptors (Lipinski definition) is 4. The fourth-order valence-electron chi connectivity index (χ4n) is 1.59. The molecule has 100 valence electrons. The zero-order valence-electron chi connectivity index (χ0n) is 11.5. The van der Waals surface area contributed by atoms with Crippen LogP contribution in [0, 0.1) is 6.92 Å². The van der Waals surface area contributed by atoms with Gasteiger partial charge >= 0.3 is 5.97 Å². The van der Waals surface area contributed by atoms with Crippen LogP contribution >= 0.6 is 11.8 Å². The maximum absolute atomic E-state index is 11.6. The summed E-state index contributed by atoms with van der Waals surface area (Å²) in [6, 6.07) is 8.14. The summed E-state index contributed by atoms with van der Waals surface area (Å²) in [6.07, 6.45) is -0.0638. The van der Waals surface area contributed by atoms with Gasteiger partial charge in [0.2, 0.25) is 0 Å². The van der Waals surface area contributed by atoms with E-state index in [0.717, 1.165) is 11.4 Å². The summed E-state index contributed by atoms with van der Waals surface area (Å²) >= 11 is 1.51. The smallest absolute Gasteiger partial charge is 0.316 e. The first-order chi connectivity index (χ1) is 8.47. The number of hydrogen-bond donors (Lipinski definition) is 0. The zero-order valence-corrected chi connectivity index (χ0v) is 12.3. The minimum Gasteiger partial charge on any atom is -0.461 e. The standard InChI is InChI=1S/C14H21NO2S/c1-11-5-7-13(8-6-11)18-10-14(16)17-12(2)9-15(3)4/h5-8,12H,9-10H2,1-4H3. The van der Waals surface area contributed by atoms with Crippen LogP contribution in [0.25, 0.3) is 0 Å². The monoisotopic (exact) mass is 267 g/mol. The topological polar surface area (TPSA) is 29.5 Å². The van der Waals surface area contributed by atoms with E-state index in [2.05, 4.69) is 0 Å². The second-order valence-electron chi connectivity index (χ2n) is 4.66. The number of esters is 1. The summed E-state index contributed by atoms with van der Waals surface area (Å²) in [7, 11) is 3.93. The molecule has 0 bridgehead atoms. The predicted molar refractivity (Wildman–Crippen MR) is 76.0 cm³/mol. The third kappa shape index (κ3) is 6.07. The Hall–Kier alpha value is -1.00. The van der Waals surface area contributed by atoms with Crippen molar-refractivity contribution in [3.8, 4) is 0 Å². The summed E-state index contributed by atoms with van der Waals surface area (Å²) in [5.41, 5.74) is 1.22. The van der Waals surface area contributed by atoms with Gasteiger partial charge in [0, 0.05) is 11.4 Å². The van der Waals surface area contributed by atoms with Gasteiger partial charge in [-0.3, -0.25) is 4.79 Å². The van der Waals surface area contributed by atoms with Crippen molar-refractivity contribution in [3.05, 3.63) is 29.8 Å². The van der Waals surface area contributed by atoms with Crippen molar-refractivity contribution in [2.24, 2.45) is 0 Å². The van der Waals surface area contributed by atoms with E-state index in [9.17, 15) is 4.79 Å². The second-order valence-corrected chi connectivity index (χ2v) is 5.71. The van der Waals surface area contributed by atoms with Gasteiger partial charge in [0.1, 0.15) is 6.10 Å². The van der Waals surface area contributed by atoms with Crippen molar-refractivity contribution in [3.63, 3.8) is 0 Å². The Morgan fingerprint density at radius 3 is 2.50 bits per heavy atom. The van der Waals surface area contributed by atoms with Gasteiger partial charge in [-0.2, -0.15) is 0 Å². The van der Waals surface area contributed by atoms with Crippen LogP contribution in [0.5, 0.6) is 0 Å². The van der Waals surface area contributed by atoms with Crippen LogP contribution in [0.1, 0.15) is 12.5 Å². The Bertz CT molecular complexity index is 376. The molecule has 0 aliphatic carbocycles. The van der Waals surface area contributed by atoms with Gasteiger partial charge in [-0.1, -0.05) is 17.7 Å². The molecule has 3 nitrogen and oxygen atoms in total. The average molecular weight is 267 g/mol. The summed E-state index contributed by atoms with van der Waals surface area (Å²) in [5.74, 6) is 0.204. The van der Waals surface area contributed by atoms with Crippen molar-refractivity contribution < 1.29 is 9.53 Å². The third-order valence-electron chi connectivity index (χ3n) is 2.33. The minimum absolute atomic E-state index is 0.0638. The molecule has 1 unspecified atom stereocenters. The number of benzene rings is 1. The zero-order chi connectivity index (χ0) is 13.5. The predicted octanol–water partition coefficient (Wildman–Crippen LogP) is 2.58. The largest absolute Gasteiger partial charge is 0.461 e. The molecule has 0 spiro atoms. The molecule has 0 saturated heterocycles. The molecule has 1 aromatic carbocycles. The highest BCUT2D eigenvalue weighted by Crippen LogP contribution is 2.18. The van der Waals surface area contributed by atoms with E-state index in [1.165, 1.54) is 17.3 Å². The van der Waals surface area contributed by atoms with Gasteiger partial charge in [-0.05, 0) is 40.1 Å². The SMILES string of the molecule is Cc1ccc(SCC(=O)OC(C)CN(C)C)cc1. The van der Waals surface area contributed by atoms with Crippen molar-refractivity contribution >= 4 is 17.7 Å². The van der Waals surface area contributed by atoms with E-state index in [1.54, 1.807) is 0 Å². The van der Waals surface area contributed by atoms with Crippen LogP contribution in [-0.4, -0.2) is 43.4 Å². The van der Waals surface area contributed by atoms with Crippen LogP contribution in [0.3, 0.4) is 0 Å². The lowest BCUT2D eigenvalue weighted by molar-refractivity contribution is -0.145. The van der Waals surface area contributed by atoms with Crippen molar-refractivity contribution in [2.45, 2.75) is 24.8 Å². The van der Waals surface area contributed by atoms with E-state index in [4.69, 9.17) is 4.74 Å². The molecule has 1 atom stereocenters. The van der Waals surface area contributed by atoms with Crippen molar-refractivity contribution in [1.82, 2.24) is 4.90 Å². The molecular formula is C14H21NO2S. The number of nitrogens with zero attached hydrogens (tertiary/aromatic N) is 1. The summed E-state index contributed by atoms with van der Waals surface area (Å²) in [5, 5.41) is 0. The number of carbonyl (C=O) groups is 1. The van der Waals surface area contributed by atoms with Crippen LogP contribution in [-0.2, 0) is 9.53 Å². The van der Waals surface area contributed by atoms with Gasteiger partial charge in [-0.25, -0.2) is 0 Å². The molecular weight excluding hydrogens is 246 g/mol. The molecule has 0 heterocycles. The molecule has 0 fully saturated rings. The molecule has 18 heavy (non-hydrogen) atoms. The lowest BCUT2D eigenvalue weighted by atomic mass is 10.2. The van der Waals surface area contributed by atoms with Crippen molar-refractivity contribution in [1.29, 1.82) is 0 Å². The highest BCUT2D eigenvalue weighted by molar-refractivity contribution is 8.00. The first-order valence-corrected chi connectivity index (χ1v) is 6.99. The van der Waals surface area contributed by atoms with Crippen LogP contribution in [0.4, 0.5) is 0 Å². The fraction of sp³-hybridized carbons (Fsp3) is 0.500. The maximum atomic E-state index is 11.6. The molecule has 0 N–H and O–H groups in total. The first-order valence-electron chi connectivity index (χ1n) is 6.01. The van der Waals surface area contributed by atoms with Crippen LogP contribution in [0.15, 0.2) is 29.2 Å². The molecule has 0 amide bonds. The average Bonchev–Trinajstić information content (AvgIpc) is 2.27. The molecule has 4 heteroatoms. The lowest BCUT2D eigenvalue weighted by Gasteiger charge is -2.17. The van der Waals surface area contributed by atoms with E-state index < -0.39 is 0 Å². The van der Waals surface area contributed by atoms with E-state index in [1.807, 2.05) is 57.1 Å². The maximum Gasteiger partial charge on any atom is 0.316 e. The molecule has 0 aromatic heterocycles.